The maximum Gasteiger partial charge on any atom is 0.433 e. The van der Waals surface area contributed by atoms with Gasteiger partial charge >= 0.3 is 6.18 Å². The number of halogens is 3. The average Bonchev–Trinajstić information content (AvgIpc) is 3.34. The van der Waals surface area contributed by atoms with Gasteiger partial charge in [-0.3, -0.25) is 4.79 Å². The molecular weight excluding hydrogens is 373 g/mol. The fourth-order valence-electron chi connectivity index (χ4n) is 2.71. The third-order valence-corrected chi connectivity index (χ3v) is 4.02. The van der Waals surface area contributed by atoms with Crippen molar-refractivity contribution in [1.82, 2.24) is 19.9 Å². The Labute approximate surface area is 156 Å². The largest absolute Gasteiger partial charge is 0.463 e. The third kappa shape index (κ3) is 3.46. The van der Waals surface area contributed by atoms with E-state index < -0.39 is 17.8 Å². The molecule has 3 aromatic heterocycles. The van der Waals surface area contributed by atoms with Crippen LogP contribution in [0.1, 0.15) is 21.7 Å². The van der Waals surface area contributed by atoms with Crippen LogP contribution in [0.5, 0.6) is 0 Å². The highest BCUT2D eigenvalue weighted by Gasteiger charge is 2.36. The fourth-order valence-corrected chi connectivity index (χ4v) is 2.71. The predicted molar refractivity (Wildman–Crippen MR) is 93.3 cm³/mol. The number of rotatable bonds is 4. The number of hydrogen-bond acceptors (Lipinski definition) is 4. The molecule has 0 unspecified atom stereocenters. The van der Waals surface area contributed by atoms with Gasteiger partial charge in [0.1, 0.15) is 5.69 Å². The van der Waals surface area contributed by atoms with E-state index in [-0.39, 0.29) is 29.3 Å². The van der Waals surface area contributed by atoms with Crippen molar-refractivity contribution < 1.29 is 22.4 Å². The normalized spacial score (nSPS) is 11.7. The molecular formula is C19H13F3N4O2. The number of carbonyl (C=O) groups is 1. The Morgan fingerprint density at radius 2 is 1.89 bits per heavy atom. The molecule has 0 saturated carbocycles. The second-order valence-electron chi connectivity index (χ2n) is 5.97. The smallest absolute Gasteiger partial charge is 0.433 e. The number of nitrogens with zero attached hydrogens (tertiary/aromatic N) is 3. The maximum absolute atomic E-state index is 13.5. The van der Waals surface area contributed by atoms with E-state index in [0.29, 0.717) is 4.52 Å². The van der Waals surface area contributed by atoms with Crippen molar-refractivity contribution in [3.05, 3.63) is 77.8 Å². The molecule has 0 radical (unpaired) electrons. The summed E-state index contributed by atoms with van der Waals surface area (Å²) in [5.74, 6) is -0.411. The van der Waals surface area contributed by atoms with E-state index >= 15 is 0 Å². The lowest BCUT2D eigenvalue weighted by atomic mass is 10.2. The minimum atomic E-state index is -4.69. The van der Waals surface area contributed by atoms with E-state index in [1.807, 2.05) is 30.3 Å². The topological polar surface area (TPSA) is 72.4 Å². The van der Waals surface area contributed by atoms with E-state index in [9.17, 15) is 18.0 Å². The molecule has 0 aliphatic heterocycles. The summed E-state index contributed by atoms with van der Waals surface area (Å²) in [6, 6.07) is 14.2. The van der Waals surface area contributed by atoms with Crippen LogP contribution < -0.4 is 5.32 Å². The lowest BCUT2D eigenvalue weighted by Crippen LogP contribution is -2.23. The summed E-state index contributed by atoms with van der Waals surface area (Å²) in [5, 5.41) is 6.44. The molecule has 1 amide bonds. The second-order valence-corrected chi connectivity index (χ2v) is 5.97. The quantitative estimate of drug-likeness (QED) is 0.577. The highest BCUT2D eigenvalue weighted by molar-refractivity contribution is 5.93. The van der Waals surface area contributed by atoms with Crippen LogP contribution in [0.3, 0.4) is 0 Å². The first-order valence-corrected chi connectivity index (χ1v) is 8.26. The van der Waals surface area contributed by atoms with Crippen LogP contribution >= 0.6 is 0 Å². The first-order valence-electron chi connectivity index (χ1n) is 8.26. The number of furan rings is 1. The molecule has 4 aromatic rings. The van der Waals surface area contributed by atoms with Crippen molar-refractivity contribution in [2.75, 3.05) is 0 Å². The number of aromatic nitrogens is 3. The van der Waals surface area contributed by atoms with E-state index in [1.165, 1.54) is 18.4 Å². The molecule has 0 aliphatic rings. The van der Waals surface area contributed by atoms with Crippen LogP contribution in [0.4, 0.5) is 13.2 Å². The van der Waals surface area contributed by atoms with Crippen LogP contribution in [-0.4, -0.2) is 20.5 Å². The number of fused-ring (bicyclic) bond motifs is 1. The molecule has 3 heterocycles. The van der Waals surface area contributed by atoms with E-state index in [0.717, 1.165) is 11.6 Å². The summed E-state index contributed by atoms with van der Waals surface area (Å²) >= 11 is 0. The fraction of sp³-hybridized carbons (Fsp3) is 0.105. The van der Waals surface area contributed by atoms with Crippen molar-refractivity contribution in [3.63, 3.8) is 0 Å². The summed E-state index contributed by atoms with van der Waals surface area (Å²) in [6.07, 6.45) is -3.35. The summed E-state index contributed by atoms with van der Waals surface area (Å²) in [5.41, 5.74) is -0.461. The van der Waals surface area contributed by atoms with E-state index in [2.05, 4.69) is 15.4 Å². The molecule has 0 aliphatic carbocycles. The molecule has 6 nitrogen and oxygen atoms in total. The number of alkyl halides is 3. The van der Waals surface area contributed by atoms with Gasteiger partial charge < -0.3 is 9.73 Å². The van der Waals surface area contributed by atoms with Crippen molar-refractivity contribution >= 4 is 11.6 Å². The molecule has 9 heteroatoms. The van der Waals surface area contributed by atoms with Crippen molar-refractivity contribution in [2.24, 2.45) is 0 Å². The standard InChI is InChI=1S/C19H13F3N4O2/c20-19(21,22)16-9-13(15-7-4-8-28-15)24-17-10-14(25-26(16)17)18(27)23-11-12-5-2-1-3-6-12/h1-10H,11H2,(H,23,27). The maximum atomic E-state index is 13.5. The van der Waals surface area contributed by atoms with Crippen LogP contribution in [0.2, 0.25) is 0 Å². The number of hydrogen-bond donors (Lipinski definition) is 1. The predicted octanol–water partition coefficient (Wildman–Crippen LogP) is 3.94. The van der Waals surface area contributed by atoms with Crippen LogP contribution in [0.25, 0.3) is 17.1 Å². The van der Waals surface area contributed by atoms with Gasteiger partial charge in [0.15, 0.2) is 22.8 Å². The van der Waals surface area contributed by atoms with Gasteiger partial charge in [-0.2, -0.15) is 18.3 Å². The Balaban J connectivity index is 1.70. The molecule has 4 rings (SSSR count). The zero-order chi connectivity index (χ0) is 19.7. The number of amides is 1. The lowest BCUT2D eigenvalue weighted by Gasteiger charge is -2.09. The van der Waals surface area contributed by atoms with Gasteiger partial charge in [0.25, 0.3) is 5.91 Å². The average molecular weight is 386 g/mol. The minimum Gasteiger partial charge on any atom is -0.463 e. The molecule has 0 saturated heterocycles. The molecule has 0 fully saturated rings. The van der Waals surface area contributed by atoms with Crippen molar-refractivity contribution in [1.29, 1.82) is 0 Å². The van der Waals surface area contributed by atoms with Gasteiger partial charge in [-0.15, -0.1) is 0 Å². The number of carbonyl (C=O) groups excluding carboxylic acids is 1. The monoisotopic (exact) mass is 386 g/mol. The van der Waals surface area contributed by atoms with E-state index in [1.54, 1.807) is 6.07 Å². The van der Waals surface area contributed by atoms with Gasteiger partial charge in [0.05, 0.1) is 6.26 Å². The second kappa shape index (κ2) is 6.84. The van der Waals surface area contributed by atoms with Gasteiger partial charge in [0, 0.05) is 12.6 Å². The first-order chi connectivity index (χ1) is 13.4. The minimum absolute atomic E-state index is 0.000897. The van der Waals surface area contributed by atoms with Crippen LogP contribution in [0, 0.1) is 0 Å². The Bertz CT molecular complexity index is 1120. The molecule has 0 atom stereocenters. The summed E-state index contributed by atoms with van der Waals surface area (Å²) in [6.45, 7) is 0.227. The SMILES string of the molecule is O=C(NCc1ccccc1)c1cc2nc(-c3ccco3)cc(C(F)(F)F)n2n1. The molecule has 1 aromatic carbocycles. The van der Waals surface area contributed by atoms with Crippen LogP contribution in [0.15, 0.2) is 65.3 Å². The van der Waals surface area contributed by atoms with Gasteiger partial charge in [0.2, 0.25) is 0 Å². The summed E-state index contributed by atoms with van der Waals surface area (Å²) in [4.78, 5) is 16.5. The first kappa shape index (κ1) is 17.8. The summed E-state index contributed by atoms with van der Waals surface area (Å²) < 4.78 is 46.3. The highest BCUT2D eigenvalue weighted by atomic mass is 19.4. The van der Waals surface area contributed by atoms with Gasteiger partial charge in [-0.05, 0) is 23.8 Å². The molecule has 0 bridgehead atoms. The lowest BCUT2D eigenvalue weighted by molar-refractivity contribution is -0.142. The molecule has 28 heavy (non-hydrogen) atoms. The highest BCUT2D eigenvalue weighted by Crippen LogP contribution is 2.32. The Kier molecular flexibility index (Phi) is 4.34. The Morgan fingerprint density at radius 3 is 2.57 bits per heavy atom. The third-order valence-electron chi connectivity index (χ3n) is 4.02. The number of nitrogens with one attached hydrogen (secondary N) is 1. The van der Waals surface area contributed by atoms with Crippen molar-refractivity contribution in [2.45, 2.75) is 12.7 Å². The van der Waals surface area contributed by atoms with Crippen molar-refractivity contribution in [3.8, 4) is 11.5 Å². The zero-order valence-corrected chi connectivity index (χ0v) is 14.3. The van der Waals surface area contributed by atoms with Gasteiger partial charge in [-0.1, -0.05) is 30.3 Å². The molecule has 1 N–H and O–H groups in total. The van der Waals surface area contributed by atoms with Crippen LogP contribution in [-0.2, 0) is 12.7 Å². The number of benzene rings is 1. The molecule has 142 valence electrons. The summed E-state index contributed by atoms with van der Waals surface area (Å²) in [7, 11) is 0. The Morgan fingerprint density at radius 1 is 1.11 bits per heavy atom. The van der Waals surface area contributed by atoms with E-state index in [4.69, 9.17) is 4.42 Å². The van der Waals surface area contributed by atoms with Gasteiger partial charge in [-0.25, -0.2) is 9.50 Å². The zero-order valence-electron chi connectivity index (χ0n) is 14.3. The molecule has 0 spiro atoms. The Hall–Kier alpha value is -3.62.